The van der Waals surface area contributed by atoms with Crippen LogP contribution >= 0.6 is 0 Å². The van der Waals surface area contributed by atoms with Crippen LogP contribution in [0.2, 0.25) is 0 Å². The lowest BCUT2D eigenvalue weighted by molar-refractivity contribution is -0.114. The molecule has 0 atom stereocenters. The van der Waals surface area contributed by atoms with Crippen LogP contribution in [0.15, 0.2) is 18.2 Å². The van der Waals surface area contributed by atoms with Crippen LogP contribution in [0.3, 0.4) is 0 Å². The molecule has 2 N–H and O–H groups in total. The SMILES string of the molecule is CC(=O)Nc1ccc(C)c(NS(=O)(=O)C(C)C)c1. The Labute approximate surface area is 108 Å². The molecule has 0 aliphatic carbocycles. The van der Waals surface area contributed by atoms with Crippen molar-refractivity contribution in [1.82, 2.24) is 0 Å². The highest BCUT2D eigenvalue weighted by Gasteiger charge is 2.16. The molecule has 0 bridgehead atoms. The maximum Gasteiger partial charge on any atom is 0.235 e. The second-order valence-electron chi connectivity index (χ2n) is 4.41. The van der Waals surface area contributed by atoms with Crippen molar-refractivity contribution >= 4 is 27.3 Å². The first-order chi connectivity index (χ1) is 8.22. The average Bonchev–Trinajstić information content (AvgIpc) is 2.21. The Hall–Kier alpha value is -1.56. The quantitative estimate of drug-likeness (QED) is 0.879. The van der Waals surface area contributed by atoms with Crippen molar-refractivity contribution in [1.29, 1.82) is 0 Å². The average molecular weight is 270 g/mol. The molecule has 0 radical (unpaired) electrons. The molecular weight excluding hydrogens is 252 g/mol. The van der Waals surface area contributed by atoms with Crippen molar-refractivity contribution in [3.63, 3.8) is 0 Å². The number of aryl methyl sites for hydroxylation is 1. The van der Waals surface area contributed by atoms with E-state index in [0.717, 1.165) is 5.56 Å². The number of hydrogen-bond acceptors (Lipinski definition) is 3. The van der Waals surface area contributed by atoms with Crippen molar-refractivity contribution in [2.75, 3.05) is 10.0 Å². The van der Waals surface area contributed by atoms with E-state index in [-0.39, 0.29) is 5.91 Å². The molecule has 1 aromatic rings. The molecule has 0 aromatic heterocycles. The number of hydrogen-bond donors (Lipinski definition) is 2. The van der Waals surface area contributed by atoms with E-state index in [1.165, 1.54) is 6.92 Å². The summed E-state index contributed by atoms with van der Waals surface area (Å²) in [5, 5.41) is 2.10. The van der Waals surface area contributed by atoms with Gasteiger partial charge in [-0.25, -0.2) is 8.42 Å². The van der Waals surface area contributed by atoms with E-state index in [1.54, 1.807) is 39.0 Å². The molecule has 1 rings (SSSR count). The summed E-state index contributed by atoms with van der Waals surface area (Å²) in [4.78, 5) is 11.0. The van der Waals surface area contributed by atoms with Gasteiger partial charge in [-0.05, 0) is 38.5 Å². The van der Waals surface area contributed by atoms with Crippen molar-refractivity contribution in [2.24, 2.45) is 0 Å². The van der Waals surface area contributed by atoms with Crippen LogP contribution in [0.5, 0.6) is 0 Å². The number of anilines is 2. The second-order valence-corrected chi connectivity index (χ2v) is 6.64. The molecule has 0 aliphatic heterocycles. The van der Waals surface area contributed by atoms with Gasteiger partial charge in [-0.2, -0.15) is 0 Å². The first-order valence-electron chi connectivity index (χ1n) is 5.62. The molecule has 0 aliphatic rings. The minimum absolute atomic E-state index is 0.198. The first kappa shape index (κ1) is 14.5. The minimum atomic E-state index is -3.38. The van der Waals surface area contributed by atoms with Crippen LogP contribution in [0.4, 0.5) is 11.4 Å². The number of rotatable bonds is 4. The van der Waals surface area contributed by atoms with E-state index < -0.39 is 15.3 Å². The normalized spacial score (nSPS) is 11.4. The van der Waals surface area contributed by atoms with E-state index in [4.69, 9.17) is 0 Å². The highest BCUT2D eigenvalue weighted by atomic mass is 32.2. The van der Waals surface area contributed by atoms with Gasteiger partial charge in [0, 0.05) is 12.6 Å². The van der Waals surface area contributed by atoms with Crippen LogP contribution in [0.25, 0.3) is 0 Å². The molecule has 6 heteroatoms. The maximum absolute atomic E-state index is 11.8. The highest BCUT2D eigenvalue weighted by Crippen LogP contribution is 2.22. The zero-order valence-electron chi connectivity index (χ0n) is 10.9. The van der Waals surface area contributed by atoms with Gasteiger partial charge >= 0.3 is 0 Å². The Morgan fingerprint density at radius 1 is 1.28 bits per heavy atom. The second kappa shape index (κ2) is 5.39. The predicted molar refractivity (Wildman–Crippen MR) is 73.2 cm³/mol. The smallest absolute Gasteiger partial charge is 0.235 e. The maximum atomic E-state index is 11.8. The summed E-state index contributed by atoms with van der Waals surface area (Å²) >= 11 is 0. The Morgan fingerprint density at radius 2 is 1.89 bits per heavy atom. The van der Waals surface area contributed by atoms with Gasteiger partial charge in [0.25, 0.3) is 0 Å². The van der Waals surface area contributed by atoms with Gasteiger partial charge in [0.2, 0.25) is 15.9 Å². The molecule has 1 amide bonds. The molecule has 0 saturated heterocycles. The summed E-state index contributed by atoms with van der Waals surface area (Å²) in [7, 11) is -3.38. The van der Waals surface area contributed by atoms with E-state index in [2.05, 4.69) is 10.0 Å². The lowest BCUT2D eigenvalue weighted by atomic mass is 10.2. The van der Waals surface area contributed by atoms with Crippen LogP contribution in [0, 0.1) is 6.92 Å². The summed E-state index contributed by atoms with van der Waals surface area (Å²) in [6, 6.07) is 5.09. The summed E-state index contributed by atoms with van der Waals surface area (Å²) in [6.45, 7) is 6.41. The Kier molecular flexibility index (Phi) is 4.34. The summed E-state index contributed by atoms with van der Waals surface area (Å²) in [6.07, 6.45) is 0. The predicted octanol–water partition coefficient (Wildman–Crippen LogP) is 2.10. The number of sulfonamides is 1. The Bertz CT molecular complexity index is 550. The number of carbonyl (C=O) groups is 1. The zero-order valence-corrected chi connectivity index (χ0v) is 11.8. The molecule has 0 spiro atoms. The number of benzene rings is 1. The Balaban J connectivity index is 3.05. The largest absolute Gasteiger partial charge is 0.326 e. The van der Waals surface area contributed by atoms with Gasteiger partial charge in [-0.3, -0.25) is 9.52 Å². The third-order valence-electron chi connectivity index (χ3n) is 2.43. The molecule has 5 nitrogen and oxygen atoms in total. The third-order valence-corrected chi connectivity index (χ3v) is 4.18. The van der Waals surface area contributed by atoms with Crippen LogP contribution in [-0.4, -0.2) is 19.6 Å². The summed E-state index contributed by atoms with van der Waals surface area (Å²) in [5.41, 5.74) is 1.85. The fourth-order valence-electron chi connectivity index (χ4n) is 1.28. The summed E-state index contributed by atoms with van der Waals surface area (Å²) in [5.74, 6) is -0.198. The lowest BCUT2D eigenvalue weighted by Crippen LogP contribution is -2.23. The van der Waals surface area contributed by atoms with Gasteiger partial charge in [0.05, 0.1) is 10.9 Å². The molecule has 0 unspecified atom stereocenters. The number of nitrogens with one attached hydrogen (secondary N) is 2. The van der Waals surface area contributed by atoms with E-state index in [0.29, 0.717) is 11.4 Å². The molecule has 0 saturated carbocycles. The van der Waals surface area contributed by atoms with Crippen LogP contribution in [-0.2, 0) is 14.8 Å². The fraction of sp³-hybridized carbons (Fsp3) is 0.417. The number of carbonyl (C=O) groups excluding carboxylic acids is 1. The van der Waals surface area contributed by atoms with Crippen molar-refractivity contribution in [3.8, 4) is 0 Å². The van der Waals surface area contributed by atoms with Crippen LogP contribution < -0.4 is 10.0 Å². The lowest BCUT2D eigenvalue weighted by Gasteiger charge is -2.14. The van der Waals surface area contributed by atoms with E-state index in [9.17, 15) is 13.2 Å². The van der Waals surface area contributed by atoms with Crippen molar-refractivity contribution in [3.05, 3.63) is 23.8 Å². The van der Waals surface area contributed by atoms with E-state index in [1.807, 2.05) is 0 Å². The summed E-state index contributed by atoms with van der Waals surface area (Å²) < 4.78 is 26.1. The Morgan fingerprint density at radius 3 is 2.39 bits per heavy atom. The topological polar surface area (TPSA) is 75.3 Å². The van der Waals surface area contributed by atoms with Crippen LogP contribution in [0.1, 0.15) is 26.3 Å². The molecule has 100 valence electrons. The third kappa shape index (κ3) is 3.73. The zero-order chi connectivity index (χ0) is 13.9. The minimum Gasteiger partial charge on any atom is -0.326 e. The van der Waals surface area contributed by atoms with Gasteiger partial charge < -0.3 is 5.32 Å². The highest BCUT2D eigenvalue weighted by molar-refractivity contribution is 7.93. The van der Waals surface area contributed by atoms with Gasteiger partial charge in [-0.1, -0.05) is 6.07 Å². The van der Waals surface area contributed by atoms with Gasteiger partial charge in [-0.15, -0.1) is 0 Å². The van der Waals surface area contributed by atoms with E-state index >= 15 is 0 Å². The standard InChI is InChI=1S/C12H18N2O3S/c1-8(2)18(16,17)14-12-7-11(13-10(4)15)6-5-9(12)3/h5-8,14H,1-4H3,(H,13,15). The monoisotopic (exact) mass is 270 g/mol. The fourth-order valence-corrected chi connectivity index (χ4v) is 2.05. The molecule has 18 heavy (non-hydrogen) atoms. The molecule has 1 aromatic carbocycles. The number of amides is 1. The first-order valence-corrected chi connectivity index (χ1v) is 7.17. The van der Waals surface area contributed by atoms with Crippen molar-refractivity contribution in [2.45, 2.75) is 32.9 Å². The van der Waals surface area contributed by atoms with Gasteiger partial charge in [0.15, 0.2) is 0 Å². The van der Waals surface area contributed by atoms with Gasteiger partial charge in [0.1, 0.15) is 0 Å². The molecular formula is C12H18N2O3S. The van der Waals surface area contributed by atoms with Crippen molar-refractivity contribution < 1.29 is 13.2 Å². The molecule has 0 fully saturated rings. The molecule has 0 heterocycles.